The van der Waals surface area contributed by atoms with E-state index in [0.29, 0.717) is 33.4 Å². The van der Waals surface area contributed by atoms with Gasteiger partial charge < -0.3 is 5.73 Å². The quantitative estimate of drug-likeness (QED) is 0.141. The zero-order chi connectivity index (χ0) is 29.8. The van der Waals surface area contributed by atoms with Gasteiger partial charge in [0.25, 0.3) is 5.56 Å². The van der Waals surface area contributed by atoms with E-state index in [0.717, 1.165) is 39.4 Å². The summed E-state index contributed by atoms with van der Waals surface area (Å²) in [5.74, 6) is 6.07. The molecule has 0 radical (unpaired) electrons. The first kappa shape index (κ1) is 25.2. The average molecular weight is 570 g/mol. The molecule has 0 saturated carbocycles. The molecule has 1 aliphatic heterocycles. The van der Waals surface area contributed by atoms with Crippen molar-refractivity contribution < 1.29 is 4.79 Å². The Balaban J connectivity index is 1.05. The van der Waals surface area contributed by atoms with E-state index in [1.165, 1.54) is 4.57 Å². The summed E-state index contributed by atoms with van der Waals surface area (Å²) in [4.78, 5) is 39.7. The van der Waals surface area contributed by atoms with E-state index >= 15 is 0 Å². The zero-order valence-electron chi connectivity index (χ0n) is 22.9. The van der Waals surface area contributed by atoms with Crippen molar-refractivity contribution in [3.8, 4) is 28.9 Å². The molecule has 0 amide bonds. The van der Waals surface area contributed by atoms with Gasteiger partial charge in [0.05, 0.1) is 39.8 Å². The summed E-state index contributed by atoms with van der Waals surface area (Å²) in [6.45, 7) is 0. The molecule has 0 saturated heterocycles. The highest BCUT2D eigenvalue weighted by molar-refractivity contribution is 6.23. The molecule has 2 N–H and O–H groups in total. The Morgan fingerprint density at radius 1 is 0.773 bits per heavy atom. The fourth-order valence-corrected chi connectivity index (χ4v) is 5.46. The van der Waals surface area contributed by atoms with Crippen LogP contribution in [0.3, 0.4) is 0 Å². The number of anilines is 1. The third-order valence-electron chi connectivity index (χ3n) is 7.55. The normalized spacial score (nSPS) is 12.5. The minimum atomic E-state index is -0.341. The lowest BCUT2D eigenvalue weighted by molar-refractivity contribution is 0.103. The number of pyridine rings is 2. The van der Waals surface area contributed by atoms with Gasteiger partial charge in [-0.1, -0.05) is 24.0 Å². The first-order valence-electron chi connectivity index (χ1n) is 13.7. The minimum Gasteiger partial charge on any atom is -0.399 e. The summed E-state index contributed by atoms with van der Waals surface area (Å²) in [6.07, 6.45) is 5.18. The Hall–Kier alpha value is -6.53. The number of ketones is 1. The maximum absolute atomic E-state index is 13.3. The average Bonchev–Trinajstić information content (AvgIpc) is 3.52. The molecule has 0 fully saturated rings. The van der Waals surface area contributed by atoms with Gasteiger partial charge in [0.1, 0.15) is 5.71 Å². The van der Waals surface area contributed by atoms with E-state index in [2.05, 4.69) is 37.0 Å². The number of fused-ring (bicyclic) bond motifs is 7. The maximum atomic E-state index is 13.3. The Kier molecular flexibility index (Phi) is 5.61. The van der Waals surface area contributed by atoms with E-state index in [1.807, 2.05) is 48.5 Å². The van der Waals surface area contributed by atoms with Gasteiger partial charge in [-0.05, 0) is 78.4 Å². The van der Waals surface area contributed by atoms with Crippen LogP contribution in [-0.2, 0) is 0 Å². The topological polar surface area (TPSA) is 128 Å². The molecule has 3 aromatic carbocycles. The molecular formula is C35H19N7O2. The Morgan fingerprint density at radius 3 is 2.23 bits per heavy atom. The number of hydrogen-bond acceptors (Lipinski definition) is 8. The number of rotatable bonds is 2. The maximum Gasteiger partial charge on any atom is 0.266 e. The molecule has 8 rings (SSSR count). The highest BCUT2D eigenvalue weighted by atomic mass is 16.1. The number of nitrogens with zero attached hydrogens (tertiary/aromatic N) is 6. The first-order valence-corrected chi connectivity index (χ1v) is 13.7. The Bertz CT molecular complexity index is 2350. The highest BCUT2D eigenvalue weighted by Crippen LogP contribution is 2.33. The van der Waals surface area contributed by atoms with Gasteiger partial charge in [-0.15, -0.1) is 5.10 Å². The smallest absolute Gasteiger partial charge is 0.266 e. The molecule has 9 nitrogen and oxygen atoms in total. The van der Waals surface area contributed by atoms with E-state index < -0.39 is 0 Å². The monoisotopic (exact) mass is 569 g/mol. The van der Waals surface area contributed by atoms with Crippen LogP contribution in [0.1, 0.15) is 44.0 Å². The van der Waals surface area contributed by atoms with Gasteiger partial charge in [0.2, 0.25) is 5.78 Å². The second-order valence-corrected chi connectivity index (χ2v) is 10.3. The Morgan fingerprint density at radius 2 is 1.48 bits per heavy atom. The van der Waals surface area contributed by atoms with E-state index in [9.17, 15) is 9.59 Å². The van der Waals surface area contributed by atoms with Gasteiger partial charge in [-0.25, -0.2) is 4.98 Å². The van der Waals surface area contributed by atoms with Crippen molar-refractivity contribution in [2.45, 2.75) is 0 Å². The van der Waals surface area contributed by atoms with Crippen molar-refractivity contribution in [2.24, 2.45) is 10.2 Å². The summed E-state index contributed by atoms with van der Waals surface area (Å²) in [5.41, 5.74) is 13.8. The molecule has 0 spiro atoms. The lowest BCUT2D eigenvalue weighted by Crippen LogP contribution is -2.21. The number of nitrogen functional groups attached to an aromatic ring is 1. The molecule has 9 heteroatoms. The SMILES string of the molecule is Nc1ccc2nc3n(c(=O)c2c1)-c1cc(C#Cc2ccc(/C=N/N=C4c5cccnc5-c5ncccc54)cc2)ccc1C3=O. The fraction of sp³-hybridized carbons (Fsp3) is 0. The van der Waals surface area contributed by atoms with Gasteiger partial charge in [-0.2, -0.15) is 5.10 Å². The summed E-state index contributed by atoms with van der Waals surface area (Å²) >= 11 is 0. The third-order valence-corrected chi connectivity index (χ3v) is 7.55. The molecule has 0 bridgehead atoms. The fourth-order valence-electron chi connectivity index (χ4n) is 5.46. The first-order chi connectivity index (χ1) is 21.5. The highest BCUT2D eigenvalue weighted by Gasteiger charge is 2.30. The van der Waals surface area contributed by atoms with E-state index in [-0.39, 0.29) is 17.2 Å². The van der Waals surface area contributed by atoms with Crippen molar-refractivity contribution in [3.05, 3.63) is 147 Å². The molecule has 1 aliphatic carbocycles. The van der Waals surface area contributed by atoms with Crippen LogP contribution in [0.25, 0.3) is 28.0 Å². The van der Waals surface area contributed by atoms with Crippen LogP contribution in [0.15, 0.2) is 112 Å². The van der Waals surface area contributed by atoms with Crippen LogP contribution in [-0.4, -0.2) is 37.2 Å². The van der Waals surface area contributed by atoms with Crippen LogP contribution in [0, 0.1) is 11.8 Å². The summed E-state index contributed by atoms with van der Waals surface area (Å²) < 4.78 is 1.35. The van der Waals surface area contributed by atoms with Crippen molar-refractivity contribution in [1.82, 2.24) is 19.5 Å². The van der Waals surface area contributed by atoms with Crippen LogP contribution in [0.5, 0.6) is 0 Å². The Labute approximate surface area is 250 Å². The lowest BCUT2D eigenvalue weighted by Gasteiger charge is -2.06. The molecule has 2 aliphatic rings. The van der Waals surface area contributed by atoms with Gasteiger partial charge in [0, 0.05) is 40.3 Å². The van der Waals surface area contributed by atoms with E-state index in [4.69, 9.17) is 5.73 Å². The van der Waals surface area contributed by atoms with Crippen LogP contribution in [0.2, 0.25) is 0 Å². The summed E-state index contributed by atoms with van der Waals surface area (Å²) in [6, 6.07) is 25.4. The second-order valence-electron chi connectivity index (χ2n) is 10.3. The zero-order valence-corrected chi connectivity index (χ0v) is 22.9. The van der Waals surface area contributed by atoms with Crippen LogP contribution in [0.4, 0.5) is 5.69 Å². The van der Waals surface area contributed by atoms with Crippen LogP contribution >= 0.6 is 0 Å². The summed E-state index contributed by atoms with van der Waals surface area (Å²) in [5, 5.41) is 9.19. The molecule has 4 heterocycles. The predicted molar refractivity (Wildman–Crippen MR) is 168 cm³/mol. The van der Waals surface area contributed by atoms with Gasteiger partial charge in [-0.3, -0.25) is 24.1 Å². The van der Waals surface area contributed by atoms with E-state index in [1.54, 1.807) is 55.0 Å². The number of nitrogens with two attached hydrogens (primary N) is 1. The molecular weight excluding hydrogens is 550 g/mol. The molecule has 3 aromatic heterocycles. The third kappa shape index (κ3) is 4.01. The predicted octanol–water partition coefficient (Wildman–Crippen LogP) is 4.55. The number of hydrogen-bond donors (Lipinski definition) is 1. The second kappa shape index (κ2) is 9.79. The van der Waals surface area contributed by atoms with Gasteiger partial charge in [0.15, 0.2) is 5.82 Å². The van der Waals surface area contributed by atoms with Crippen LogP contribution < -0.4 is 11.3 Å². The molecule has 0 unspecified atom stereocenters. The van der Waals surface area contributed by atoms with Gasteiger partial charge >= 0.3 is 0 Å². The minimum absolute atomic E-state index is 0.0875. The number of carbonyl (C=O) groups is 1. The van der Waals surface area contributed by atoms with Crippen molar-refractivity contribution in [1.29, 1.82) is 0 Å². The summed E-state index contributed by atoms with van der Waals surface area (Å²) in [7, 11) is 0. The molecule has 6 aromatic rings. The largest absolute Gasteiger partial charge is 0.399 e. The molecule has 44 heavy (non-hydrogen) atoms. The number of carbonyl (C=O) groups excluding carboxylic acids is 1. The van der Waals surface area contributed by atoms with Crippen molar-refractivity contribution in [2.75, 3.05) is 5.73 Å². The number of benzene rings is 3. The lowest BCUT2D eigenvalue weighted by atomic mass is 10.1. The number of aromatic nitrogens is 4. The molecule has 0 atom stereocenters. The van der Waals surface area contributed by atoms with Crippen molar-refractivity contribution in [3.63, 3.8) is 0 Å². The standard InChI is InChI=1S/C35H19N7O2/c36-23-12-14-28-27(18-23)35(44)42-29-17-21(11-13-24(29)33(43)34(42)40-28)8-5-20-6-9-22(10-7-20)19-39-41-30-25-3-1-15-37-31(25)32-26(30)4-2-16-38-32/h1-4,6-7,9-19H,36H2/b39-19+. The van der Waals surface area contributed by atoms with Crippen molar-refractivity contribution >= 4 is 34.3 Å². The molecule has 206 valence electrons.